The minimum Gasteiger partial charge on any atom is -0.375 e. The van der Waals surface area contributed by atoms with Gasteiger partial charge in [0.1, 0.15) is 0 Å². The molecule has 0 radical (unpaired) electrons. The number of rotatable bonds is 4. The molecule has 4 N–H and O–H groups in total. The number of nitrogen functional groups attached to an aromatic ring is 1. The molecule has 0 bridgehead atoms. The van der Waals surface area contributed by atoms with Gasteiger partial charge in [-0.2, -0.15) is 0 Å². The lowest BCUT2D eigenvalue weighted by Crippen LogP contribution is -2.19. The van der Waals surface area contributed by atoms with Crippen LogP contribution in [-0.4, -0.2) is 11.5 Å². The van der Waals surface area contributed by atoms with Crippen LogP contribution in [0.25, 0.3) is 10.2 Å². The van der Waals surface area contributed by atoms with Gasteiger partial charge in [0.25, 0.3) is 0 Å². The van der Waals surface area contributed by atoms with E-state index in [9.17, 15) is 0 Å². The van der Waals surface area contributed by atoms with Crippen LogP contribution < -0.4 is 11.5 Å². The molecule has 0 fully saturated rings. The Bertz CT molecular complexity index is 516. The molecule has 2 rings (SSSR count). The summed E-state index contributed by atoms with van der Waals surface area (Å²) in [6.45, 7) is 5.25. The molecule has 92 valence electrons. The van der Waals surface area contributed by atoms with E-state index in [0.29, 0.717) is 5.13 Å². The summed E-state index contributed by atoms with van der Waals surface area (Å²) in [4.78, 5) is 4.26. The van der Waals surface area contributed by atoms with Crippen molar-refractivity contribution in [1.29, 1.82) is 0 Å². The van der Waals surface area contributed by atoms with Crippen molar-refractivity contribution in [3.63, 3.8) is 0 Å². The summed E-state index contributed by atoms with van der Waals surface area (Å²) in [5, 5.41) is 0.637. The topological polar surface area (TPSA) is 64.9 Å². The zero-order chi connectivity index (χ0) is 12.5. The lowest BCUT2D eigenvalue weighted by Gasteiger charge is -2.23. The molecule has 0 aliphatic carbocycles. The normalized spacial score (nSPS) is 12.2. The van der Waals surface area contributed by atoms with Gasteiger partial charge in [-0.15, -0.1) is 0 Å². The van der Waals surface area contributed by atoms with Gasteiger partial charge in [-0.3, -0.25) is 0 Å². The highest BCUT2D eigenvalue weighted by atomic mass is 32.1. The van der Waals surface area contributed by atoms with Gasteiger partial charge in [-0.25, -0.2) is 4.98 Å². The minimum absolute atomic E-state index is 0.249. The molecule has 4 heteroatoms. The van der Waals surface area contributed by atoms with Crippen LogP contribution in [-0.2, 0) is 6.42 Å². The predicted molar refractivity (Wildman–Crippen MR) is 75.2 cm³/mol. The van der Waals surface area contributed by atoms with Gasteiger partial charge in [0.05, 0.1) is 10.2 Å². The number of nitrogens with two attached hydrogens (primary N) is 2. The van der Waals surface area contributed by atoms with E-state index < -0.39 is 0 Å². The Morgan fingerprint density at radius 3 is 2.82 bits per heavy atom. The Morgan fingerprint density at radius 2 is 2.12 bits per heavy atom. The summed E-state index contributed by atoms with van der Waals surface area (Å²) in [6.07, 6.45) is 2.08. The number of hydrogen-bond acceptors (Lipinski definition) is 4. The molecule has 2 aromatic rings. The Hall–Kier alpha value is -1.13. The van der Waals surface area contributed by atoms with Crippen molar-refractivity contribution in [3.05, 3.63) is 23.8 Å². The SMILES string of the molecule is CC(C)(CCN)Cc1ccc2nc(N)sc2c1. The zero-order valence-electron chi connectivity index (χ0n) is 10.4. The highest BCUT2D eigenvalue weighted by molar-refractivity contribution is 7.22. The third-order valence-corrected chi connectivity index (χ3v) is 3.82. The van der Waals surface area contributed by atoms with E-state index in [1.165, 1.54) is 10.3 Å². The largest absolute Gasteiger partial charge is 0.375 e. The maximum atomic E-state index is 5.71. The molecule has 0 spiro atoms. The average Bonchev–Trinajstić information content (AvgIpc) is 2.56. The van der Waals surface area contributed by atoms with E-state index in [0.717, 1.165) is 24.9 Å². The summed E-state index contributed by atoms with van der Waals surface area (Å²) in [5.41, 5.74) is 13.9. The van der Waals surface area contributed by atoms with Crippen molar-refractivity contribution in [1.82, 2.24) is 4.98 Å². The minimum atomic E-state index is 0.249. The second-order valence-electron chi connectivity index (χ2n) is 5.23. The van der Waals surface area contributed by atoms with Crippen LogP contribution in [0.3, 0.4) is 0 Å². The van der Waals surface area contributed by atoms with E-state index in [1.54, 1.807) is 11.3 Å². The number of hydrogen-bond donors (Lipinski definition) is 2. The molecular weight excluding hydrogens is 230 g/mol. The Kier molecular flexibility index (Phi) is 3.35. The van der Waals surface area contributed by atoms with Crippen LogP contribution in [0, 0.1) is 5.41 Å². The molecule has 0 unspecified atom stereocenters. The summed E-state index contributed by atoms with van der Waals surface area (Å²) < 4.78 is 1.17. The van der Waals surface area contributed by atoms with Crippen molar-refractivity contribution >= 4 is 26.7 Å². The van der Waals surface area contributed by atoms with Crippen molar-refractivity contribution < 1.29 is 0 Å². The van der Waals surface area contributed by atoms with Crippen molar-refractivity contribution in [3.8, 4) is 0 Å². The van der Waals surface area contributed by atoms with Crippen molar-refractivity contribution in [2.24, 2.45) is 11.1 Å². The monoisotopic (exact) mass is 249 g/mol. The first kappa shape index (κ1) is 12.3. The summed E-state index contributed by atoms with van der Waals surface area (Å²) in [5.74, 6) is 0. The number of nitrogens with zero attached hydrogens (tertiary/aromatic N) is 1. The molecule has 1 heterocycles. The lowest BCUT2D eigenvalue weighted by molar-refractivity contribution is 0.339. The van der Waals surface area contributed by atoms with E-state index >= 15 is 0 Å². The smallest absolute Gasteiger partial charge is 0.181 e. The Morgan fingerprint density at radius 1 is 1.35 bits per heavy atom. The van der Waals surface area contributed by atoms with E-state index in [2.05, 4.69) is 37.0 Å². The molecule has 1 aromatic carbocycles. The van der Waals surface area contributed by atoms with Gasteiger partial charge < -0.3 is 11.5 Å². The number of aromatic nitrogens is 1. The molecule has 3 nitrogen and oxygen atoms in total. The van der Waals surface area contributed by atoms with Gasteiger partial charge >= 0.3 is 0 Å². The standard InChI is InChI=1S/C13H19N3S/c1-13(2,5-6-14)8-9-3-4-10-11(7-9)17-12(15)16-10/h3-4,7H,5-6,8,14H2,1-2H3,(H2,15,16). The first-order valence-electron chi connectivity index (χ1n) is 5.85. The van der Waals surface area contributed by atoms with Crippen LogP contribution in [0.5, 0.6) is 0 Å². The lowest BCUT2D eigenvalue weighted by atomic mass is 9.83. The fraction of sp³-hybridized carbons (Fsp3) is 0.462. The number of benzene rings is 1. The van der Waals surface area contributed by atoms with Crippen LogP contribution in [0.1, 0.15) is 25.8 Å². The number of fused-ring (bicyclic) bond motifs is 1. The van der Waals surface area contributed by atoms with E-state index in [4.69, 9.17) is 11.5 Å². The second kappa shape index (κ2) is 4.63. The molecule has 0 aliphatic rings. The van der Waals surface area contributed by atoms with Crippen LogP contribution in [0.15, 0.2) is 18.2 Å². The average molecular weight is 249 g/mol. The van der Waals surface area contributed by atoms with Gasteiger partial charge in [0, 0.05) is 0 Å². The fourth-order valence-corrected chi connectivity index (χ4v) is 2.93. The van der Waals surface area contributed by atoms with Crippen LogP contribution in [0.4, 0.5) is 5.13 Å². The first-order valence-corrected chi connectivity index (χ1v) is 6.67. The summed E-state index contributed by atoms with van der Waals surface area (Å²) in [7, 11) is 0. The molecule has 17 heavy (non-hydrogen) atoms. The van der Waals surface area contributed by atoms with E-state index in [-0.39, 0.29) is 5.41 Å². The van der Waals surface area contributed by atoms with Crippen molar-refractivity contribution in [2.45, 2.75) is 26.7 Å². The van der Waals surface area contributed by atoms with Crippen LogP contribution in [0.2, 0.25) is 0 Å². The molecule has 0 amide bonds. The summed E-state index contributed by atoms with van der Waals surface area (Å²) in [6, 6.07) is 6.39. The van der Waals surface area contributed by atoms with E-state index in [1.807, 2.05) is 0 Å². The predicted octanol–water partition coefficient (Wildman–Crippen LogP) is 2.80. The third-order valence-electron chi connectivity index (χ3n) is 2.97. The van der Waals surface area contributed by atoms with Gasteiger partial charge in [0.15, 0.2) is 5.13 Å². The maximum absolute atomic E-state index is 5.71. The van der Waals surface area contributed by atoms with Crippen molar-refractivity contribution in [2.75, 3.05) is 12.3 Å². The third kappa shape index (κ3) is 2.96. The second-order valence-corrected chi connectivity index (χ2v) is 6.30. The fourth-order valence-electron chi connectivity index (χ4n) is 2.13. The molecule has 1 aromatic heterocycles. The first-order chi connectivity index (χ1) is 8.00. The molecule has 0 atom stereocenters. The number of thiazole rings is 1. The van der Waals surface area contributed by atoms with Gasteiger partial charge in [-0.05, 0) is 42.5 Å². The Balaban J connectivity index is 2.24. The maximum Gasteiger partial charge on any atom is 0.181 e. The van der Waals surface area contributed by atoms with Gasteiger partial charge in [0.2, 0.25) is 0 Å². The Labute approximate surface area is 106 Å². The highest BCUT2D eigenvalue weighted by Crippen LogP contribution is 2.29. The molecule has 0 aliphatic heterocycles. The summed E-state index contributed by atoms with van der Waals surface area (Å²) >= 11 is 1.55. The molecule has 0 saturated heterocycles. The number of anilines is 1. The zero-order valence-corrected chi connectivity index (χ0v) is 11.2. The molecular formula is C13H19N3S. The highest BCUT2D eigenvalue weighted by Gasteiger charge is 2.17. The van der Waals surface area contributed by atoms with Crippen LogP contribution >= 0.6 is 11.3 Å². The quantitative estimate of drug-likeness (QED) is 0.875. The van der Waals surface area contributed by atoms with Gasteiger partial charge in [-0.1, -0.05) is 31.3 Å². The molecule has 0 saturated carbocycles.